The molecule has 4 heteroatoms. The zero-order chi connectivity index (χ0) is 11.5. The molecular weight excluding hydrogens is 207 g/mol. The summed E-state index contributed by atoms with van der Waals surface area (Å²) in [5, 5.41) is 0. The van der Waals surface area contributed by atoms with Crippen molar-refractivity contribution in [3.8, 4) is 0 Å². The Balaban J connectivity index is 1.96. The van der Waals surface area contributed by atoms with Gasteiger partial charge in [-0.25, -0.2) is 0 Å². The summed E-state index contributed by atoms with van der Waals surface area (Å²) in [7, 11) is 1.89. The first-order valence-corrected chi connectivity index (χ1v) is 5.68. The van der Waals surface area contributed by atoms with E-state index >= 15 is 0 Å². The second-order valence-electron chi connectivity index (χ2n) is 4.46. The highest BCUT2D eigenvalue weighted by atomic mass is 19.1. The van der Waals surface area contributed by atoms with Crippen molar-refractivity contribution in [2.45, 2.75) is 12.8 Å². The van der Waals surface area contributed by atoms with Gasteiger partial charge in [-0.1, -0.05) is 0 Å². The lowest BCUT2D eigenvalue weighted by atomic mass is 9.98. The Morgan fingerprint density at radius 2 is 2.19 bits per heavy atom. The van der Waals surface area contributed by atoms with Crippen LogP contribution >= 0.6 is 0 Å². The van der Waals surface area contributed by atoms with E-state index < -0.39 is 0 Å². The van der Waals surface area contributed by atoms with Gasteiger partial charge in [0.2, 0.25) is 0 Å². The molecule has 0 saturated carbocycles. The van der Waals surface area contributed by atoms with E-state index in [1.807, 2.05) is 35.0 Å². The van der Waals surface area contributed by atoms with Crippen LogP contribution in [0.4, 0.5) is 4.39 Å². The summed E-state index contributed by atoms with van der Waals surface area (Å²) in [5.74, 6) is 0.220. The quantitative estimate of drug-likeness (QED) is 0.752. The second-order valence-corrected chi connectivity index (χ2v) is 4.46. The number of aromatic nitrogens is 1. The summed E-state index contributed by atoms with van der Waals surface area (Å²) in [6.45, 7) is 1.11. The average molecular weight is 224 g/mol. The number of alkyl halides is 1. The van der Waals surface area contributed by atoms with Crippen molar-refractivity contribution in [3.05, 3.63) is 24.0 Å². The molecule has 3 nitrogen and oxygen atoms in total. The van der Waals surface area contributed by atoms with Crippen LogP contribution in [0.5, 0.6) is 0 Å². The summed E-state index contributed by atoms with van der Waals surface area (Å²) < 4.78 is 14.3. The predicted molar refractivity (Wildman–Crippen MR) is 60.0 cm³/mol. The predicted octanol–water partition coefficient (Wildman–Crippen LogP) is 1.85. The van der Waals surface area contributed by atoms with Crippen LogP contribution in [0.3, 0.4) is 0 Å². The van der Waals surface area contributed by atoms with Crippen molar-refractivity contribution in [3.63, 3.8) is 0 Å². The molecule has 1 amide bonds. The molecular formula is C12H17FN2O. The Morgan fingerprint density at radius 3 is 2.69 bits per heavy atom. The average Bonchev–Trinajstić information content (AvgIpc) is 2.75. The number of rotatable bonds is 2. The molecule has 0 unspecified atom stereocenters. The van der Waals surface area contributed by atoms with Gasteiger partial charge >= 0.3 is 0 Å². The third-order valence-electron chi connectivity index (χ3n) is 3.20. The normalized spacial score (nSPS) is 17.8. The standard InChI is InChI=1S/C12H17FN2O/c1-14-5-4-11(9-14)12(16)15-6-2-10(8-13)3-7-15/h4-5,9-10H,2-3,6-8H2,1H3. The summed E-state index contributed by atoms with van der Waals surface area (Å²) in [6, 6.07) is 1.82. The van der Waals surface area contributed by atoms with E-state index in [0.29, 0.717) is 13.1 Å². The van der Waals surface area contributed by atoms with Gasteiger partial charge in [0.05, 0.1) is 12.2 Å². The van der Waals surface area contributed by atoms with E-state index in [1.165, 1.54) is 0 Å². The molecule has 1 saturated heterocycles. The minimum Gasteiger partial charge on any atom is -0.356 e. The van der Waals surface area contributed by atoms with Gasteiger partial charge in [-0.3, -0.25) is 9.18 Å². The van der Waals surface area contributed by atoms with Crippen LogP contribution in [0.25, 0.3) is 0 Å². The lowest BCUT2D eigenvalue weighted by Crippen LogP contribution is -2.38. The van der Waals surface area contributed by atoms with Crippen molar-refractivity contribution in [1.82, 2.24) is 9.47 Å². The highest BCUT2D eigenvalue weighted by Crippen LogP contribution is 2.19. The molecule has 0 bridgehead atoms. The van der Waals surface area contributed by atoms with Gasteiger partial charge in [-0.15, -0.1) is 0 Å². The van der Waals surface area contributed by atoms with Crippen molar-refractivity contribution in [2.24, 2.45) is 13.0 Å². The molecule has 0 aliphatic carbocycles. The Kier molecular flexibility index (Phi) is 3.27. The number of hydrogen-bond donors (Lipinski definition) is 0. The minimum absolute atomic E-state index is 0.0675. The van der Waals surface area contributed by atoms with Gasteiger partial charge in [0.1, 0.15) is 0 Å². The van der Waals surface area contributed by atoms with Crippen molar-refractivity contribution < 1.29 is 9.18 Å². The van der Waals surface area contributed by atoms with Crippen LogP contribution in [0, 0.1) is 5.92 Å². The zero-order valence-electron chi connectivity index (χ0n) is 9.53. The van der Waals surface area contributed by atoms with E-state index in [9.17, 15) is 9.18 Å². The second kappa shape index (κ2) is 4.68. The van der Waals surface area contributed by atoms with Crippen molar-refractivity contribution >= 4 is 5.91 Å². The first-order chi connectivity index (χ1) is 7.70. The Morgan fingerprint density at radius 1 is 1.50 bits per heavy atom. The lowest BCUT2D eigenvalue weighted by Gasteiger charge is -2.30. The zero-order valence-corrected chi connectivity index (χ0v) is 9.53. The maximum Gasteiger partial charge on any atom is 0.255 e. The van der Waals surface area contributed by atoms with Gasteiger partial charge in [0.25, 0.3) is 5.91 Å². The van der Waals surface area contributed by atoms with E-state index in [2.05, 4.69) is 0 Å². The summed E-state index contributed by atoms with van der Waals surface area (Å²) in [5.41, 5.74) is 0.723. The molecule has 1 fully saturated rings. The first-order valence-electron chi connectivity index (χ1n) is 5.68. The van der Waals surface area contributed by atoms with Crippen molar-refractivity contribution in [1.29, 1.82) is 0 Å². The monoisotopic (exact) mass is 224 g/mol. The number of amides is 1. The summed E-state index contributed by atoms with van der Waals surface area (Å²) >= 11 is 0. The SMILES string of the molecule is Cn1ccc(C(=O)N2CCC(CF)CC2)c1. The molecule has 0 spiro atoms. The largest absolute Gasteiger partial charge is 0.356 e. The lowest BCUT2D eigenvalue weighted by molar-refractivity contribution is 0.0678. The molecule has 1 aromatic heterocycles. The fourth-order valence-corrected chi connectivity index (χ4v) is 2.10. The number of halogens is 1. The Labute approximate surface area is 94.9 Å². The number of aryl methyl sites for hydroxylation is 1. The molecule has 1 aliphatic rings. The van der Waals surface area contributed by atoms with E-state index in [1.54, 1.807) is 0 Å². The summed E-state index contributed by atoms with van der Waals surface area (Å²) in [4.78, 5) is 13.8. The van der Waals surface area contributed by atoms with Crippen LogP contribution in [-0.2, 0) is 7.05 Å². The fourth-order valence-electron chi connectivity index (χ4n) is 2.10. The van der Waals surface area contributed by atoms with Crippen molar-refractivity contribution in [2.75, 3.05) is 19.8 Å². The molecule has 1 aliphatic heterocycles. The Bertz CT molecular complexity index is 367. The molecule has 1 aromatic rings. The van der Waals surface area contributed by atoms with E-state index in [-0.39, 0.29) is 18.5 Å². The number of carbonyl (C=O) groups is 1. The highest BCUT2D eigenvalue weighted by Gasteiger charge is 2.23. The van der Waals surface area contributed by atoms with Gasteiger partial charge in [-0.2, -0.15) is 0 Å². The van der Waals surface area contributed by atoms with Crippen LogP contribution in [-0.4, -0.2) is 35.1 Å². The summed E-state index contributed by atoms with van der Waals surface area (Å²) in [6.07, 6.45) is 5.26. The molecule has 0 N–H and O–H groups in total. The molecule has 0 radical (unpaired) electrons. The molecule has 16 heavy (non-hydrogen) atoms. The number of piperidine rings is 1. The van der Waals surface area contributed by atoms with Crippen LogP contribution in [0.1, 0.15) is 23.2 Å². The third kappa shape index (κ3) is 2.26. The first kappa shape index (κ1) is 11.2. The van der Waals surface area contributed by atoms with Crippen LogP contribution in [0.15, 0.2) is 18.5 Å². The third-order valence-corrected chi connectivity index (χ3v) is 3.20. The Hall–Kier alpha value is -1.32. The van der Waals surface area contributed by atoms with E-state index in [4.69, 9.17) is 0 Å². The smallest absolute Gasteiger partial charge is 0.255 e. The van der Waals surface area contributed by atoms with Gasteiger partial charge in [0.15, 0.2) is 0 Å². The number of hydrogen-bond acceptors (Lipinski definition) is 1. The van der Waals surface area contributed by atoms with Crippen LogP contribution in [0.2, 0.25) is 0 Å². The topological polar surface area (TPSA) is 25.2 Å². The number of carbonyl (C=O) groups excluding carboxylic acids is 1. The molecule has 2 heterocycles. The highest BCUT2D eigenvalue weighted by molar-refractivity contribution is 5.94. The maximum atomic E-state index is 12.4. The minimum atomic E-state index is -0.257. The number of nitrogens with zero attached hydrogens (tertiary/aromatic N) is 2. The molecule has 2 rings (SSSR count). The molecule has 0 atom stereocenters. The fraction of sp³-hybridized carbons (Fsp3) is 0.583. The molecule has 0 aromatic carbocycles. The van der Waals surface area contributed by atoms with Gasteiger partial charge < -0.3 is 9.47 Å². The maximum absolute atomic E-state index is 12.4. The van der Waals surface area contributed by atoms with Crippen LogP contribution < -0.4 is 0 Å². The van der Waals surface area contributed by atoms with Gasteiger partial charge in [0, 0.05) is 32.5 Å². The van der Waals surface area contributed by atoms with Gasteiger partial charge in [-0.05, 0) is 24.8 Å². The molecule has 88 valence electrons. The number of likely N-dealkylation sites (tertiary alicyclic amines) is 1. The van der Waals surface area contributed by atoms with E-state index in [0.717, 1.165) is 18.4 Å².